The second-order valence-corrected chi connectivity index (χ2v) is 3.13. The zero-order valence-electron chi connectivity index (χ0n) is 6.77. The van der Waals surface area contributed by atoms with Gasteiger partial charge in [0.1, 0.15) is 17.8 Å². The van der Waals surface area contributed by atoms with Crippen LogP contribution < -0.4 is 0 Å². The molecule has 12 heavy (non-hydrogen) atoms. The molecule has 2 aliphatic heterocycles. The van der Waals surface area contributed by atoms with E-state index in [4.69, 9.17) is 19.3 Å². The van der Waals surface area contributed by atoms with Crippen LogP contribution in [0.3, 0.4) is 0 Å². The number of aliphatic hydroxyl groups is 2. The Morgan fingerprint density at radius 2 is 2.42 bits per heavy atom. The third-order valence-electron chi connectivity index (χ3n) is 2.49. The highest BCUT2D eigenvalue weighted by Gasteiger charge is 2.63. The van der Waals surface area contributed by atoms with Crippen LogP contribution in [0.2, 0.25) is 0 Å². The zero-order valence-corrected chi connectivity index (χ0v) is 6.77. The third-order valence-corrected chi connectivity index (χ3v) is 2.49. The molecule has 0 aliphatic carbocycles. The minimum atomic E-state index is -1.05. The Labute approximate surface area is 69.8 Å². The first-order chi connectivity index (χ1) is 5.72. The summed E-state index contributed by atoms with van der Waals surface area (Å²) in [4.78, 5) is 0. The summed E-state index contributed by atoms with van der Waals surface area (Å²) in [6.07, 6.45) is -1.58. The number of aliphatic hydroxyl groups excluding tert-OH is 1. The summed E-state index contributed by atoms with van der Waals surface area (Å²) in [5.74, 6) is 0. The van der Waals surface area contributed by atoms with Crippen LogP contribution in [-0.4, -0.2) is 54.6 Å². The van der Waals surface area contributed by atoms with Gasteiger partial charge in [0.25, 0.3) is 0 Å². The van der Waals surface area contributed by atoms with Gasteiger partial charge in [0.2, 0.25) is 0 Å². The van der Waals surface area contributed by atoms with E-state index in [0.29, 0.717) is 0 Å². The Kier molecular flexibility index (Phi) is 1.85. The Morgan fingerprint density at radius 3 is 2.67 bits per heavy atom. The van der Waals surface area contributed by atoms with Gasteiger partial charge in [0, 0.05) is 7.11 Å². The standard InChI is InChI=1S/C7H12O5/c1-10-6-5-7(9,3-11-5)4(2-8)12-6/h4-6,8-9H,2-3H2,1H3/t4-,5+,6+,7+/m1/s1. The molecule has 4 atom stereocenters. The topological polar surface area (TPSA) is 68.2 Å². The molecule has 5 nitrogen and oxygen atoms in total. The molecule has 2 fully saturated rings. The van der Waals surface area contributed by atoms with Gasteiger partial charge in [-0.25, -0.2) is 0 Å². The van der Waals surface area contributed by atoms with Crippen LogP contribution in [0.15, 0.2) is 0 Å². The van der Waals surface area contributed by atoms with E-state index in [2.05, 4.69) is 0 Å². The van der Waals surface area contributed by atoms with E-state index in [1.165, 1.54) is 7.11 Å². The number of hydrogen-bond donors (Lipinski definition) is 2. The molecule has 2 aliphatic rings. The molecule has 0 saturated carbocycles. The second kappa shape index (κ2) is 2.65. The van der Waals surface area contributed by atoms with Gasteiger partial charge in [-0.05, 0) is 0 Å². The quantitative estimate of drug-likeness (QED) is 0.535. The van der Waals surface area contributed by atoms with Gasteiger partial charge in [-0.1, -0.05) is 0 Å². The lowest BCUT2D eigenvalue weighted by atomic mass is 9.89. The minimum absolute atomic E-state index is 0.211. The average Bonchev–Trinajstić information content (AvgIpc) is 2.25. The van der Waals surface area contributed by atoms with Crippen molar-refractivity contribution in [2.24, 2.45) is 0 Å². The van der Waals surface area contributed by atoms with Crippen molar-refractivity contribution < 1.29 is 24.4 Å². The highest BCUT2D eigenvalue weighted by Crippen LogP contribution is 2.40. The van der Waals surface area contributed by atoms with Gasteiger partial charge in [0.15, 0.2) is 6.29 Å². The van der Waals surface area contributed by atoms with E-state index >= 15 is 0 Å². The third kappa shape index (κ3) is 0.855. The molecule has 0 amide bonds. The maximum atomic E-state index is 9.82. The number of methoxy groups -OCH3 is 1. The molecule has 2 N–H and O–H groups in total. The summed E-state index contributed by atoms with van der Waals surface area (Å²) in [5, 5.41) is 18.7. The monoisotopic (exact) mass is 176 g/mol. The fourth-order valence-corrected chi connectivity index (χ4v) is 1.67. The molecular formula is C7H12O5. The Morgan fingerprint density at radius 1 is 1.67 bits per heavy atom. The lowest BCUT2D eigenvalue weighted by Gasteiger charge is -2.41. The summed E-state index contributed by atoms with van der Waals surface area (Å²) < 4.78 is 15.2. The van der Waals surface area contributed by atoms with Crippen molar-refractivity contribution in [1.29, 1.82) is 0 Å². The van der Waals surface area contributed by atoms with Crippen molar-refractivity contribution in [3.8, 4) is 0 Å². The van der Waals surface area contributed by atoms with Gasteiger partial charge in [0.05, 0.1) is 13.2 Å². The van der Waals surface area contributed by atoms with E-state index in [-0.39, 0.29) is 13.2 Å². The van der Waals surface area contributed by atoms with Crippen LogP contribution >= 0.6 is 0 Å². The molecule has 0 unspecified atom stereocenters. The molecule has 2 saturated heterocycles. The highest BCUT2D eigenvalue weighted by molar-refractivity contribution is 5.07. The molecular weight excluding hydrogens is 164 g/mol. The summed E-state index contributed by atoms with van der Waals surface area (Å²) in [6, 6.07) is 0. The Hall–Kier alpha value is -0.200. The molecule has 0 spiro atoms. The SMILES string of the molecule is CO[C@H]1O[C@H](CO)[C@@]2(O)CO[C@@H]12. The zero-order chi connectivity index (χ0) is 8.77. The first-order valence-electron chi connectivity index (χ1n) is 3.85. The van der Waals surface area contributed by atoms with E-state index < -0.39 is 24.1 Å². The molecule has 2 rings (SSSR count). The first kappa shape index (κ1) is 8.40. The number of hydrogen-bond acceptors (Lipinski definition) is 5. The van der Waals surface area contributed by atoms with E-state index in [9.17, 15) is 5.11 Å². The number of ether oxygens (including phenoxy) is 3. The summed E-state index contributed by atoms with van der Waals surface area (Å²) in [5.41, 5.74) is -1.05. The van der Waals surface area contributed by atoms with Crippen LogP contribution in [0, 0.1) is 0 Å². The van der Waals surface area contributed by atoms with Crippen LogP contribution in [0.1, 0.15) is 0 Å². The van der Waals surface area contributed by atoms with Gasteiger partial charge in [-0.2, -0.15) is 0 Å². The maximum absolute atomic E-state index is 9.82. The predicted molar refractivity (Wildman–Crippen MR) is 37.4 cm³/mol. The first-order valence-corrected chi connectivity index (χ1v) is 3.85. The van der Waals surface area contributed by atoms with Gasteiger partial charge in [-0.15, -0.1) is 0 Å². The lowest BCUT2D eigenvalue weighted by Crippen LogP contribution is -2.63. The van der Waals surface area contributed by atoms with Crippen molar-refractivity contribution in [3.05, 3.63) is 0 Å². The van der Waals surface area contributed by atoms with Crippen LogP contribution in [0.4, 0.5) is 0 Å². The maximum Gasteiger partial charge on any atom is 0.186 e. The Bertz CT molecular complexity index is 179. The number of fused-ring (bicyclic) bond motifs is 1. The summed E-state index contributed by atoms with van der Waals surface area (Å²) in [6.45, 7) is -0.00102. The molecule has 70 valence electrons. The van der Waals surface area contributed by atoms with E-state index in [1.54, 1.807) is 0 Å². The van der Waals surface area contributed by atoms with Crippen molar-refractivity contribution in [2.45, 2.75) is 24.1 Å². The normalized spacial score (nSPS) is 51.8. The second-order valence-electron chi connectivity index (χ2n) is 3.13. The van der Waals surface area contributed by atoms with Gasteiger partial charge < -0.3 is 24.4 Å². The van der Waals surface area contributed by atoms with E-state index in [0.717, 1.165) is 0 Å². The van der Waals surface area contributed by atoms with E-state index in [1.807, 2.05) is 0 Å². The average molecular weight is 176 g/mol. The Balaban J connectivity index is 2.12. The van der Waals surface area contributed by atoms with Crippen molar-refractivity contribution in [3.63, 3.8) is 0 Å². The van der Waals surface area contributed by atoms with Gasteiger partial charge >= 0.3 is 0 Å². The van der Waals surface area contributed by atoms with Crippen LogP contribution in [0.25, 0.3) is 0 Å². The molecule has 0 aromatic carbocycles. The molecule has 5 heteroatoms. The summed E-state index contributed by atoms with van der Waals surface area (Å²) >= 11 is 0. The van der Waals surface area contributed by atoms with Crippen molar-refractivity contribution >= 4 is 0 Å². The van der Waals surface area contributed by atoms with Gasteiger partial charge in [-0.3, -0.25) is 0 Å². The van der Waals surface area contributed by atoms with Crippen molar-refractivity contribution in [1.82, 2.24) is 0 Å². The lowest BCUT2D eigenvalue weighted by molar-refractivity contribution is -0.250. The molecule has 0 bridgehead atoms. The van der Waals surface area contributed by atoms with Crippen LogP contribution in [0.5, 0.6) is 0 Å². The fourth-order valence-electron chi connectivity index (χ4n) is 1.67. The smallest absolute Gasteiger partial charge is 0.186 e. The molecule has 0 aromatic heterocycles. The molecule has 2 heterocycles. The van der Waals surface area contributed by atoms with Crippen LogP contribution in [-0.2, 0) is 14.2 Å². The largest absolute Gasteiger partial charge is 0.394 e. The van der Waals surface area contributed by atoms with Crippen molar-refractivity contribution in [2.75, 3.05) is 20.3 Å². The fraction of sp³-hybridized carbons (Fsp3) is 1.00. The minimum Gasteiger partial charge on any atom is -0.394 e. The summed E-state index contributed by atoms with van der Waals surface area (Å²) in [7, 11) is 1.48. The molecule has 0 aromatic rings. The predicted octanol–water partition coefficient (Wildman–Crippen LogP) is -1.52. The highest BCUT2D eigenvalue weighted by atomic mass is 16.7. The molecule has 0 radical (unpaired) electrons. The number of rotatable bonds is 2.